The van der Waals surface area contributed by atoms with Crippen molar-refractivity contribution in [2.45, 2.75) is 13.8 Å². The van der Waals surface area contributed by atoms with E-state index in [9.17, 15) is 0 Å². The molecule has 0 radical (unpaired) electrons. The van der Waals surface area contributed by atoms with Gasteiger partial charge in [0.05, 0.1) is 0 Å². The van der Waals surface area contributed by atoms with E-state index < -0.39 is 0 Å². The van der Waals surface area contributed by atoms with E-state index in [1.807, 2.05) is 0 Å². The van der Waals surface area contributed by atoms with E-state index in [4.69, 9.17) is 0 Å². The van der Waals surface area contributed by atoms with E-state index in [2.05, 4.69) is 30.8 Å². The maximum absolute atomic E-state index is 2.45. The Morgan fingerprint density at radius 1 is 1.50 bits per heavy atom. The van der Waals surface area contributed by atoms with Gasteiger partial charge in [-0.1, -0.05) is 0 Å². The molecule has 4 heavy (non-hydrogen) atoms. The fraction of sp³-hybridized carbons (Fsp3) is 0.667. The summed E-state index contributed by atoms with van der Waals surface area (Å²) in [4.78, 5) is 0. The van der Waals surface area contributed by atoms with Crippen molar-refractivity contribution in [1.82, 2.24) is 0 Å². The van der Waals surface area contributed by atoms with Crippen LogP contribution in [0.5, 0.6) is 0 Å². The van der Waals surface area contributed by atoms with Crippen LogP contribution in [0, 0.1) is 0 Å². The van der Waals surface area contributed by atoms with Crippen molar-refractivity contribution < 1.29 is 17.0 Å². The van der Waals surface area contributed by atoms with Crippen LogP contribution in [-0.2, 0) is 17.0 Å². The van der Waals surface area contributed by atoms with Gasteiger partial charge in [-0.3, -0.25) is 0 Å². The zero-order valence-electron chi connectivity index (χ0n) is 2.95. The molecule has 0 nitrogen and oxygen atoms in total. The second-order valence-electron chi connectivity index (χ2n) is 0.947. The summed E-state index contributed by atoms with van der Waals surface area (Å²) in [5, 5.41) is 0. The van der Waals surface area contributed by atoms with E-state index in [1.165, 1.54) is 4.23 Å². The van der Waals surface area contributed by atoms with Gasteiger partial charge in [-0.05, 0) is 0 Å². The number of hydrogen-bond donors (Lipinski definition) is 0. The van der Waals surface area contributed by atoms with Crippen LogP contribution in [0.2, 0.25) is 0 Å². The summed E-state index contributed by atoms with van der Waals surface area (Å²) < 4.78 is 1.35. The van der Waals surface area contributed by atoms with Gasteiger partial charge in [0.2, 0.25) is 0 Å². The molecule has 0 saturated heterocycles. The van der Waals surface area contributed by atoms with Gasteiger partial charge in [-0.15, -0.1) is 0 Å². The molecule has 0 spiro atoms. The first-order chi connectivity index (χ1) is 1.73. The van der Waals surface area contributed by atoms with Crippen molar-refractivity contribution in [2.75, 3.05) is 0 Å². The fourth-order valence-electron chi connectivity index (χ4n) is 0. The first-order valence-corrected chi connectivity index (χ1v) is 1.92. The standard InChI is InChI=1S/C3H6.V/c1-3-2;/h1-2H3;/q;+2. The third-order valence-electron chi connectivity index (χ3n) is 0. The van der Waals surface area contributed by atoms with Gasteiger partial charge in [0, 0.05) is 0 Å². The zero-order valence-corrected chi connectivity index (χ0v) is 4.34. The van der Waals surface area contributed by atoms with E-state index in [0.717, 1.165) is 0 Å². The molecule has 0 heterocycles. The third kappa shape index (κ3) is 25.1. The molecule has 0 atom stereocenters. The Hall–Kier alpha value is 0.454. The topological polar surface area (TPSA) is 0 Å². The van der Waals surface area contributed by atoms with Crippen LogP contribution in [0.15, 0.2) is 0 Å². The van der Waals surface area contributed by atoms with E-state index in [-0.39, 0.29) is 0 Å². The van der Waals surface area contributed by atoms with Crippen molar-refractivity contribution in [3.8, 4) is 0 Å². The average molecular weight is 93.0 g/mol. The van der Waals surface area contributed by atoms with Crippen molar-refractivity contribution >= 4 is 4.23 Å². The zero-order chi connectivity index (χ0) is 3.58. The molecule has 0 bridgehead atoms. The maximum atomic E-state index is 2.45. The quantitative estimate of drug-likeness (QED) is 0.414. The summed E-state index contributed by atoms with van der Waals surface area (Å²) in [6.07, 6.45) is 0. The van der Waals surface area contributed by atoms with Crippen LogP contribution in [0.25, 0.3) is 0 Å². The van der Waals surface area contributed by atoms with Crippen molar-refractivity contribution in [2.24, 2.45) is 0 Å². The Morgan fingerprint density at radius 2 is 1.50 bits per heavy atom. The van der Waals surface area contributed by atoms with Crippen LogP contribution in [0.1, 0.15) is 13.8 Å². The molecular weight excluding hydrogens is 87.0 g/mol. The minimum absolute atomic E-state index is 1.35. The monoisotopic (exact) mass is 93.0 g/mol. The van der Waals surface area contributed by atoms with E-state index in [1.54, 1.807) is 0 Å². The minimum atomic E-state index is 1.35. The molecule has 0 aliphatic rings. The number of hydrogen-bond acceptors (Lipinski definition) is 0. The Balaban J connectivity index is 2.80. The molecule has 0 saturated carbocycles. The molecule has 0 aliphatic carbocycles. The molecule has 1 heteroatoms. The second kappa shape index (κ2) is 1.74. The molecule has 0 N–H and O–H groups in total. The molecule has 0 fully saturated rings. The second-order valence-corrected chi connectivity index (χ2v) is 2.34. The molecule has 0 aromatic rings. The summed E-state index contributed by atoms with van der Waals surface area (Å²) in [5.41, 5.74) is 0. The van der Waals surface area contributed by atoms with Gasteiger partial charge in [-0.2, -0.15) is 0 Å². The van der Waals surface area contributed by atoms with Gasteiger partial charge < -0.3 is 0 Å². The Morgan fingerprint density at radius 3 is 1.50 bits per heavy atom. The van der Waals surface area contributed by atoms with E-state index in [0.29, 0.717) is 0 Å². The molecule has 0 rings (SSSR count). The molecule has 0 unspecified atom stereocenters. The van der Waals surface area contributed by atoms with Gasteiger partial charge in [0.25, 0.3) is 0 Å². The number of rotatable bonds is 0. The Bertz CT molecular complexity index is 26.3. The average Bonchev–Trinajstić information content (AvgIpc) is 0.811. The predicted octanol–water partition coefficient (Wildman–Crippen LogP) is 0.745. The summed E-state index contributed by atoms with van der Waals surface area (Å²) in [5.74, 6) is 0. The Kier molecular flexibility index (Phi) is 1.94. The summed E-state index contributed by atoms with van der Waals surface area (Å²) in [6.45, 7) is 4.11. The van der Waals surface area contributed by atoms with Gasteiger partial charge >= 0.3 is 35.1 Å². The van der Waals surface area contributed by atoms with Gasteiger partial charge in [-0.25, -0.2) is 0 Å². The third-order valence-corrected chi connectivity index (χ3v) is 0. The van der Waals surface area contributed by atoms with E-state index >= 15 is 0 Å². The van der Waals surface area contributed by atoms with Gasteiger partial charge in [0.15, 0.2) is 0 Å². The van der Waals surface area contributed by atoms with Crippen molar-refractivity contribution in [3.63, 3.8) is 0 Å². The summed E-state index contributed by atoms with van der Waals surface area (Å²) in [7, 11) is 0. The molecule has 21 valence electrons. The fourth-order valence-corrected chi connectivity index (χ4v) is 0. The van der Waals surface area contributed by atoms with Crippen molar-refractivity contribution in [3.05, 3.63) is 0 Å². The molecular formula is C3H6V+2. The Labute approximate surface area is 35.7 Å². The first kappa shape index (κ1) is 4.45. The van der Waals surface area contributed by atoms with Crippen LogP contribution < -0.4 is 0 Å². The normalized spacial score (nSPS) is 7.00. The van der Waals surface area contributed by atoms with Crippen LogP contribution in [0.4, 0.5) is 0 Å². The summed E-state index contributed by atoms with van der Waals surface area (Å²) in [6, 6.07) is 0. The molecule has 0 aromatic heterocycles. The predicted molar refractivity (Wildman–Crippen MR) is 16.4 cm³/mol. The van der Waals surface area contributed by atoms with Crippen LogP contribution >= 0.6 is 0 Å². The van der Waals surface area contributed by atoms with Crippen molar-refractivity contribution in [1.29, 1.82) is 0 Å². The summed E-state index contributed by atoms with van der Waals surface area (Å²) >= 11 is 2.45. The van der Waals surface area contributed by atoms with Crippen LogP contribution in [0.3, 0.4) is 0 Å². The molecule has 0 amide bonds. The molecule has 0 aromatic carbocycles. The van der Waals surface area contributed by atoms with Gasteiger partial charge in [0.1, 0.15) is 0 Å². The SMILES string of the molecule is C[C](C)=[V+2]. The first-order valence-electron chi connectivity index (χ1n) is 1.22. The van der Waals surface area contributed by atoms with Crippen LogP contribution in [-0.4, -0.2) is 4.23 Å². The molecule has 0 aliphatic heterocycles.